The maximum Gasteiger partial charge on any atom is 0.125 e. The molecule has 0 amide bonds. The summed E-state index contributed by atoms with van der Waals surface area (Å²) in [6, 6.07) is 0. The average molecular weight is 427 g/mol. The van der Waals surface area contributed by atoms with Gasteiger partial charge in [-0.15, -0.1) is 12.6 Å². The zero-order valence-corrected chi connectivity index (χ0v) is 20.4. The first-order valence-electron chi connectivity index (χ1n) is 11.4. The highest BCUT2D eigenvalue weighted by Crippen LogP contribution is 2.89. The van der Waals surface area contributed by atoms with Crippen molar-refractivity contribution in [2.75, 3.05) is 6.61 Å². The van der Waals surface area contributed by atoms with E-state index in [9.17, 15) is 0 Å². The second-order valence-corrected chi connectivity index (χ2v) is 13.1. The lowest BCUT2D eigenvalue weighted by molar-refractivity contribution is -0.0514. The first kappa shape index (κ1) is 21.3. The largest absolute Gasteiger partial charge is 0.363 e. The molecule has 7 atom stereocenters. The van der Waals surface area contributed by atoms with Gasteiger partial charge in [0.25, 0.3) is 0 Å². The molecule has 0 saturated heterocycles. The Kier molecular flexibility index (Phi) is 5.36. The molecule has 0 spiro atoms. The minimum atomic E-state index is -0.413. The molecule has 7 unspecified atom stereocenters. The predicted octanol–water partition coefficient (Wildman–Crippen LogP) is 5.61. The van der Waals surface area contributed by atoms with Gasteiger partial charge in [-0.2, -0.15) is 25.3 Å². The maximum absolute atomic E-state index is 6.54. The summed E-state index contributed by atoms with van der Waals surface area (Å²) in [6.07, 6.45) is 12.2. The van der Waals surface area contributed by atoms with E-state index < -0.39 is 4.93 Å². The molecule has 0 aromatic heterocycles. The van der Waals surface area contributed by atoms with E-state index in [1.165, 1.54) is 38.5 Å². The van der Waals surface area contributed by atoms with Gasteiger partial charge in [-0.25, -0.2) is 0 Å². The Morgan fingerprint density at radius 3 is 2.30 bits per heavy atom. The summed E-state index contributed by atoms with van der Waals surface area (Å²) < 4.78 is 6.42. The van der Waals surface area contributed by atoms with E-state index in [4.69, 9.17) is 42.6 Å². The first-order chi connectivity index (χ1) is 12.6. The van der Waals surface area contributed by atoms with Gasteiger partial charge in [0.05, 0.1) is 4.75 Å². The van der Waals surface area contributed by atoms with Gasteiger partial charge < -0.3 is 4.74 Å². The van der Waals surface area contributed by atoms with E-state index in [1.54, 1.807) is 0 Å². The molecule has 5 heteroatoms. The summed E-state index contributed by atoms with van der Waals surface area (Å²) in [5.41, 5.74) is 1.07. The molecule has 4 saturated carbocycles. The molecule has 4 aliphatic rings. The topological polar surface area (TPSA) is 9.23 Å². The van der Waals surface area contributed by atoms with Crippen LogP contribution >= 0.6 is 37.9 Å². The summed E-state index contributed by atoms with van der Waals surface area (Å²) in [5.74, 6) is 1.52. The van der Waals surface area contributed by atoms with Gasteiger partial charge in [0.2, 0.25) is 0 Å². The van der Waals surface area contributed by atoms with Crippen LogP contribution in [0.2, 0.25) is 5.31 Å². The van der Waals surface area contributed by atoms with Crippen molar-refractivity contribution in [1.29, 1.82) is 0 Å². The van der Waals surface area contributed by atoms with Crippen LogP contribution in [-0.4, -0.2) is 29.4 Å². The van der Waals surface area contributed by atoms with Gasteiger partial charge >= 0.3 is 0 Å². The van der Waals surface area contributed by atoms with Gasteiger partial charge in [-0.1, -0.05) is 27.2 Å². The third-order valence-electron chi connectivity index (χ3n) is 9.99. The van der Waals surface area contributed by atoms with Crippen LogP contribution < -0.4 is 0 Å². The van der Waals surface area contributed by atoms with E-state index in [1.807, 2.05) is 0 Å². The van der Waals surface area contributed by atoms with Gasteiger partial charge in [0.1, 0.15) is 12.8 Å². The van der Waals surface area contributed by atoms with Crippen LogP contribution in [0.1, 0.15) is 85.0 Å². The second kappa shape index (κ2) is 6.79. The Balaban J connectivity index is 1.62. The van der Waals surface area contributed by atoms with Crippen LogP contribution in [0.4, 0.5) is 0 Å². The van der Waals surface area contributed by atoms with Crippen molar-refractivity contribution in [3.05, 3.63) is 0 Å². The highest BCUT2D eigenvalue weighted by atomic mass is 32.1. The lowest BCUT2D eigenvalue weighted by Gasteiger charge is -2.59. The lowest BCUT2D eigenvalue weighted by Crippen LogP contribution is -2.58. The van der Waals surface area contributed by atoms with Crippen molar-refractivity contribution in [3.63, 3.8) is 0 Å². The number of thiol groups is 3. The molecule has 0 aromatic rings. The average Bonchev–Trinajstić information content (AvgIpc) is 3.11. The van der Waals surface area contributed by atoms with Crippen molar-refractivity contribution in [2.24, 2.45) is 22.7 Å². The molecular weight excluding hydrogens is 387 g/mol. The zero-order chi connectivity index (χ0) is 19.7. The maximum atomic E-state index is 6.54. The minimum Gasteiger partial charge on any atom is -0.363 e. The molecule has 154 valence electrons. The van der Waals surface area contributed by atoms with Crippen LogP contribution in [0, 0.1) is 22.7 Å². The normalized spacial score (nSPS) is 55.6. The summed E-state index contributed by atoms with van der Waals surface area (Å²) in [6.45, 7) is 7.97. The Morgan fingerprint density at radius 2 is 1.81 bits per heavy atom. The highest BCUT2D eigenvalue weighted by Gasteiger charge is 2.80. The van der Waals surface area contributed by atoms with Crippen LogP contribution in [0.3, 0.4) is 0 Å². The smallest absolute Gasteiger partial charge is 0.125 e. The minimum absolute atomic E-state index is 0.122. The molecule has 0 heterocycles. The number of hydrogen-bond donors (Lipinski definition) is 3. The molecule has 4 fully saturated rings. The first-order valence-corrected chi connectivity index (χ1v) is 12.8. The molecule has 4 rings (SSSR count). The van der Waals surface area contributed by atoms with E-state index in [2.05, 4.69) is 28.6 Å². The van der Waals surface area contributed by atoms with Gasteiger partial charge in [0.15, 0.2) is 0 Å². The SMILES string of the molecule is BC1(C23CC(C)C2(C)C3)CCC(S)(OCCC)C(S)(C2CCC2)CCC1S. The van der Waals surface area contributed by atoms with Crippen molar-refractivity contribution >= 4 is 45.7 Å². The monoisotopic (exact) mass is 426 g/mol. The third-order valence-corrected chi connectivity index (χ3v) is 12.7. The summed E-state index contributed by atoms with van der Waals surface area (Å²) >= 11 is 15.9. The van der Waals surface area contributed by atoms with Crippen molar-refractivity contribution in [1.82, 2.24) is 0 Å². The van der Waals surface area contributed by atoms with Gasteiger partial charge in [-0.05, 0) is 85.8 Å². The van der Waals surface area contributed by atoms with Gasteiger partial charge in [-0.3, -0.25) is 0 Å². The molecule has 0 bridgehead atoms. The zero-order valence-electron chi connectivity index (χ0n) is 17.8. The van der Waals surface area contributed by atoms with Crippen LogP contribution in [-0.2, 0) is 4.74 Å². The van der Waals surface area contributed by atoms with Crippen molar-refractivity contribution in [3.8, 4) is 0 Å². The molecule has 4 aliphatic carbocycles. The molecular formula is C22H39BOS3. The third kappa shape index (κ3) is 2.72. The molecule has 0 N–H and O–H groups in total. The number of hydrogen-bond acceptors (Lipinski definition) is 4. The van der Waals surface area contributed by atoms with Crippen molar-refractivity contribution in [2.45, 2.75) is 105 Å². The Morgan fingerprint density at radius 1 is 1.11 bits per heavy atom. The molecule has 0 radical (unpaired) electrons. The number of ether oxygens (including phenoxy) is 1. The number of fused-ring (bicyclic) bond motifs is 1. The van der Waals surface area contributed by atoms with Crippen LogP contribution in [0.15, 0.2) is 0 Å². The molecule has 0 aromatic carbocycles. The van der Waals surface area contributed by atoms with Crippen molar-refractivity contribution < 1.29 is 4.74 Å². The van der Waals surface area contributed by atoms with Crippen LogP contribution in [0.25, 0.3) is 0 Å². The summed E-state index contributed by atoms with van der Waals surface area (Å²) in [7, 11) is 2.55. The molecule has 0 aliphatic heterocycles. The van der Waals surface area contributed by atoms with E-state index in [-0.39, 0.29) is 10.1 Å². The highest BCUT2D eigenvalue weighted by molar-refractivity contribution is 7.86. The van der Waals surface area contributed by atoms with E-state index >= 15 is 0 Å². The fraction of sp³-hybridized carbons (Fsp3) is 1.00. The second-order valence-electron chi connectivity index (χ2n) is 10.9. The van der Waals surface area contributed by atoms with E-state index in [0.29, 0.717) is 22.0 Å². The summed E-state index contributed by atoms with van der Waals surface area (Å²) in [5, 5.41) is 0.748. The van der Waals surface area contributed by atoms with Gasteiger partial charge in [0, 0.05) is 11.9 Å². The Labute approximate surface area is 184 Å². The molecule has 27 heavy (non-hydrogen) atoms. The van der Waals surface area contributed by atoms with Crippen LogP contribution in [0.5, 0.6) is 0 Å². The standard InChI is InChI=1S/C22H39BOS3/c1-4-12-24-22(27)11-10-20(23,19-13-15(2)18(19,3)14-19)17(25)8-9-21(22,26)16-6-5-7-16/h15-17,25-27H,4-14,23H2,1-3H3. The predicted molar refractivity (Wildman–Crippen MR) is 128 cm³/mol. The molecule has 1 nitrogen and oxygen atoms in total. The summed E-state index contributed by atoms with van der Waals surface area (Å²) in [4.78, 5) is -0.413. The fourth-order valence-corrected chi connectivity index (χ4v) is 8.92. The Hall–Kier alpha value is 1.07. The quantitative estimate of drug-likeness (QED) is 0.294. The van der Waals surface area contributed by atoms with E-state index in [0.717, 1.165) is 38.2 Å². The lowest BCUT2D eigenvalue weighted by atomic mass is 9.44. The Bertz CT molecular complexity index is 596. The number of rotatable bonds is 5. The fourth-order valence-electron chi connectivity index (χ4n) is 7.36.